The van der Waals surface area contributed by atoms with Gasteiger partial charge in [-0.3, -0.25) is 0 Å². The Labute approximate surface area is 207 Å². The van der Waals surface area contributed by atoms with Crippen LogP contribution < -0.4 is 4.74 Å². The molecule has 0 saturated carbocycles. The molecule has 0 fully saturated rings. The van der Waals surface area contributed by atoms with Crippen molar-refractivity contribution >= 4 is 0 Å². The molecule has 0 N–H and O–H groups in total. The van der Waals surface area contributed by atoms with E-state index in [-0.39, 0.29) is 22.5 Å². The summed E-state index contributed by atoms with van der Waals surface area (Å²) < 4.78 is 34.8. The number of halogens is 2. The normalized spacial score (nSPS) is 12.0. The van der Waals surface area contributed by atoms with E-state index in [1.807, 2.05) is 36.4 Å². The second-order valence-corrected chi connectivity index (χ2v) is 11.0. The molecule has 0 unspecified atom stereocenters. The van der Waals surface area contributed by atoms with E-state index in [2.05, 4.69) is 53.7 Å². The van der Waals surface area contributed by atoms with Crippen LogP contribution in [-0.2, 0) is 10.8 Å². The Bertz CT molecular complexity index is 1250. The Balaban J connectivity index is 1.88. The molecule has 3 heteroatoms. The van der Waals surface area contributed by atoms with Gasteiger partial charge in [0.05, 0.1) is 0 Å². The SMILES string of the molecule is CC(C)(C)c1ccc(Oc2ccc(C(C)(C)C)cc2-c2cccc(F)c2)c(-c2cccc(F)c2)c1. The summed E-state index contributed by atoms with van der Waals surface area (Å²) >= 11 is 0. The van der Waals surface area contributed by atoms with Gasteiger partial charge in [0.2, 0.25) is 0 Å². The fraction of sp³-hybridized carbons (Fsp3) is 0.250. The maximum atomic E-state index is 14.1. The van der Waals surface area contributed by atoms with Gasteiger partial charge in [0, 0.05) is 11.1 Å². The average molecular weight is 471 g/mol. The van der Waals surface area contributed by atoms with Crippen molar-refractivity contribution in [3.8, 4) is 33.8 Å². The Kier molecular flexibility index (Phi) is 6.55. The summed E-state index contributed by atoms with van der Waals surface area (Å²) in [5.41, 5.74) is 5.18. The smallest absolute Gasteiger partial charge is 0.135 e. The largest absolute Gasteiger partial charge is 0.456 e. The van der Waals surface area contributed by atoms with Gasteiger partial charge in [-0.25, -0.2) is 8.78 Å². The van der Waals surface area contributed by atoms with Crippen molar-refractivity contribution in [2.75, 3.05) is 0 Å². The van der Waals surface area contributed by atoms with Crippen LogP contribution in [0.4, 0.5) is 8.78 Å². The lowest BCUT2D eigenvalue weighted by atomic mass is 9.85. The topological polar surface area (TPSA) is 9.23 Å². The zero-order chi connectivity index (χ0) is 25.4. The van der Waals surface area contributed by atoms with Crippen molar-refractivity contribution in [1.82, 2.24) is 0 Å². The summed E-state index contributed by atoms with van der Waals surface area (Å²) in [7, 11) is 0. The molecule has 0 heterocycles. The number of ether oxygens (including phenoxy) is 1. The third-order valence-electron chi connectivity index (χ3n) is 6.18. The molecule has 0 aliphatic heterocycles. The van der Waals surface area contributed by atoms with Crippen LogP contribution in [0, 0.1) is 11.6 Å². The minimum atomic E-state index is -0.301. The van der Waals surface area contributed by atoms with Gasteiger partial charge in [-0.2, -0.15) is 0 Å². The molecule has 1 nitrogen and oxygen atoms in total. The van der Waals surface area contributed by atoms with E-state index in [1.54, 1.807) is 12.1 Å². The summed E-state index contributed by atoms with van der Waals surface area (Å²) in [5, 5.41) is 0. The molecular weight excluding hydrogens is 438 g/mol. The van der Waals surface area contributed by atoms with Gasteiger partial charge in [0.15, 0.2) is 0 Å². The van der Waals surface area contributed by atoms with E-state index in [4.69, 9.17) is 4.74 Å². The molecule has 35 heavy (non-hydrogen) atoms. The monoisotopic (exact) mass is 470 g/mol. The summed E-state index contributed by atoms with van der Waals surface area (Å²) in [6.45, 7) is 12.9. The van der Waals surface area contributed by atoms with Gasteiger partial charge in [0.1, 0.15) is 23.1 Å². The van der Waals surface area contributed by atoms with Crippen LogP contribution in [0.1, 0.15) is 52.7 Å². The minimum absolute atomic E-state index is 0.0817. The van der Waals surface area contributed by atoms with E-state index in [9.17, 15) is 8.78 Å². The zero-order valence-corrected chi connectivity index (χ0v) is 21.2. The lowest BCUT2D eigenvalue weighted by molar-refractivity contribution is 0.484. The number of hydrogen-bond donors (Lipinski definition) is 0. The first-order valence-corrected chi connectivity index (χ1v) is 11.9. The van der Waals surface area contributed by atoms with Gasteiger partial charge in [-0.05, 0) is 81.6 Å². The second-order valence-electron chi connectivity index (χ2n) is 11.0. The van der Waals surface area contributed by atoms with Gasteiger partial charge >= 0.3 is 0 Å². The lowest BCUT2D eigenvalue weighted by Gasteiger charge is -2.24. The Morgan fingerprint density at radius 3 is 1.26 bits per heavy atom. The average Bonchev–Trinajstić information content (AvgIpc) is 2.78. The number of benzene rings is 4. The Hall–Kier alpha value is -3.46. The molecular formula is C32H32F2O. The molecule has 0 atom stereocenters. The first-order valence-electron chi connectivity index (χ1n) is 11.9. The molecule has 4 aromatic rings. The van der Waals surface area contributed by atoms with Crippen LogP contribution in [0.3, 0.4) is 0 Å². The fourth-order valence-electron chi connectivity index (χ4n) is 4.05. The molecule has 0 aliphatic rings. The fourth-order valence-corrected chi connectivity index (χ4v) is 4.05. The Morgan fingerprint density at radius 2 is 0.914 bits per heavy atom. The van der Waals surface area contributed by atoms with Gasteiger partial charge in [-0.15, -0.1) is 0 Å². The van der Waals surface area contributed by atoms with Gasteiger partial charge in [0.25, 0.3) is 0 Å². The lowest BCUT2D eigenvalue weighted by Crippen LogP contribution is -2.11. The minimum Gasteiger partial charge on any atom is -0.456 e. The molecule has 0 aromatic heterocycles. The van der Waals surface area contributed by atoms with Crippen LogP contribution in [0.15, 0.2) is 84.9 Å². The standard InChI is InChI=1S/C32H32F2O/c1-31(2,3)23-13-15-29(27(19-23)21-9-7-11-25(33)17-21)35-30-16-14-24(32(4,5)6)20-28(30)22-10-8-12-26(34)18-22/h7-20H,1-6H3. The molecule has 180 valence electrons. The van der Waals surface area contributed by atoms with Crippen molar-refractivity contribution in [1.29, 1.82) is 0 Å². The molecule has 0 spiro atoms. The van der Waals surface area contributed by atoms with Gasteiger partial charge < -0.3 is 4.74 Å². The summed E-state index contributed by atoms with van der Waals surface area (Å²) in [4.78, 5) is 0. The summed E-state index contributed by atoms with van der Waals surface area (Å²) in [6.07, 6.45) is 0. The van der Waals surface area contributed by atoms with E-state index in [1.165, 1.54) is 24.3 Å². The molecule has 0 saturated heterocycles. The van der Waals surface area contributed by atoms with E-state index < -0.39 is 0 Å². The van der Waals surface area contributed by atoms with Crippen molar-refractivity contribution in [3.63, 3.8) is 0 Å². The molecule has 0 aliphatic carbocycles. The van der Waals surface area contributed by atoms with Crippen LogP contribution in [0.5, 0.6) is 11.5 Å². The molecule has 0 amide bonds. The predicted molar refractivity (Wildman–Crippen MR) is 141 cm³/mol. The second kappa shape index (κ2) is 9.30. The number of rotatable bonds is 4. The zero-order valence-electron chi connectivity index (χ0n) is 21.2. The van der Waals surface area contributed by atoms with Crippen LogP contribution >= 0.6 is 0 Å². The summed E-state index contributed by atoms with van der Waals surface area (Å²) in [6, 6.07) is 25.2. The maximum absolute atomic E-state index is 14.1. The van der Waals surface area contributed by atoms with Crippen LogP contribution in [-0.4, -0.2) is 0 Å². The van der Waals surface area contributed by atoms with E-state index in [0.29, 0.717) is 11.5 Å². The van der Waals surface area contributed by atoms with Crippen LogP contribution in [0.25, 0.3) is 22.3 Å². The maximum Gasteiger partial charge on any atom is 0.135 e. The predicted octanol–water partition coefficient (Wildman–Crippen LogP) is 9.69. The highest BCUT2D eigenvalue weighted by molar-refractivity contribution is 5.75. The van der Waals surface area contributed by atoms with Crippen molar-refractivity contribution < 1.29 is 13.5 Å². The molecule has 4 rings (SSSR count). The first-order chi connectivity index (χ1) is 16.4. The third-order valence-corrected chi connectivity index (χ3v) is 6.18. The highest BCUT2D eigenvalue weighted by Gasteiger charge is 2.20. The highest BCUT2D eigenvalue weighted by Crippen LogP contribution is 2.41. The first kappa shape index (κ1) is 24.7. The third kappa shape index (κ3) is 5.62. The van der Waals surface area contributed by atoms with Crippen LogP contribution in [0.2, 0.25) is 0 Å². The molecule has 4 aromatic carbocycles. The molecule has 0 radical (unpaired) electrons. The quantitative estimate of drug-likeness (QED) is 0.288. The van der Waals surface area contributed by atoms with Crippen molar-refractivity contribution in [3.05, 3.63) is 108 Å². The van der Waals surface area contributed by atoms with E-state index in [0.717, 1.165) is 33.4 Å². The number of hydrogen-bond acceptors (Lipinski definition) is 1. The summed E-state index contributed by atoms with van der Waals surface area (Å²) in [5.74, 6) is 0.628. The van der Waals surface area contributed by atoms with Gasteiger partial charge in [-0.1, -0.05) is 77.9 Å². The van der Waals surface area contributed by atoms with Crippen molar-refractivity contribution in [2.45, 2.75) is 52.4 Å². The van der Waals surface area contributed by atoms with Crippen molar-refractivity contribution in [2.24, 2.45) is 0 Å². The van der Waals surface area contributed by atoms with E-state index >= 15 is 0 Å². The molecule has 0 bridgehead atoms. The highest BCUT2D eigenvalue weighted by atomic mass is 19.1. The Morgan fingerprint density at radius 1 is 0.514 bits per heavy atom.